The number of nitrogens with zero attached hydrogens (tertiary/aromatic N) is 3. The van der Waals surface area contributed by atoms with Gasteiger partial charge in [-0.15, -0.1) is 0 Å². The third-order valence-electron chi connectivity index (χ3n) is 4.68. The SMILES string of the molecule is COc1ccc(CNC(=O)N2CCN(Cc3cccnc3)CC2)cc1OC. The van der Waals surface area contributed by atoms with E-state index in [0.717, 1.165) is 38.3 Å². The molecule has 0 atom stereocenters. The molecule has 0 spiro atoms. The van der Waals surface area contributed by atoms with E-state index in [0.29, 0.717) is 18.0 Å². The molecule has 2 heterocycles. The molecule has 0 bridgehead atoms. The molecular formula is C20H26N4O3. The van der Waals surface area contributed by atoms with E-state index in [9.17, 15) is 4.79 Å². The monoisotopic (exact) mass is 370 g/mol. The third-order valence-corrected chi connectivity index (χ3v) is 4.68. The van der Waals surface area contributed by atoms with Gasteiger partial charge < -0.3 is 19.7 Å². The number of nitrogens with one attached hydrogen (secondary N) is 1. The van der Waals surface area contributed by atoms with Crippen LogP contribution in [0.4, 0.5) is 4.79 Å². The van der Waals surface area contributed by atoms with Crippen molar-refractivity contribution in [2.75, 3.05) is 40.4 Å². The quantitative estimate of drug-likeness (QED) is 0.844. The predicted octanol–water partition coefficient (Wildman–Crippen LogP) is 2.13. The lowest BCUT2D eigenvalue weighted by molar-refractivity contribution is 0.135. The molecule has 7 nitrogen and oxygen atoms in total. The first-order valence-electron chi connectivity index (χ1n) is 9.04. The molecule has 1 N–H and O–H groups in total. The molecule has 1 fully saturated rings. The molecule has 1 saturated heterocycles. The minimum atomic E-state index is -0.0363. The van der Waals surface area contributed by atoms with Gasteiger partial charge in [-0.3, -0.25) is 9.88 Å². The normalized spacial score (nSPS) is 14.7. The van der Waals surface area contributed by atoms with Crippen LogP contribution in [-0.2, 0) is 13.1 Å². The molecule has 1 aliphatic heterocycles. The first kappa shape index (κ1) is 19.0. The predicted molar refractivity (Wildman–Crippen MR) is 103 cm³/mol. The molecule has 2 aromatic rings. The van der Waals surface area contributed by atoms with Gasteiger partial charge in [-0.25, -0.2) is 4.79 Å². The number of urea groups is 1. The maximum atomic E-state index is 12.4. The molecule has 27 heavy (non-hydrogen) atoms. The van der Waals surface area contributed by atoms with Crippen LogP contribution >= 0.6 is 0 Å². The number of piperazine rings is 1. The zero-order valence-corrected chi connectivity index (χ0v) is 15.9. The van der Waals surface area contributed by atoms with Gasteiger partial charge in [-0.1, -0.05) is 12.1 Å². The Labute approximate surface area is 159 Å². The van der Waals surface area contributed by atoms with E-state index in [4.69, 9.17) is 9.47 Å². The lowest BCUT2D eigenvalue weighted by atomic mass is 10.2. The Kier molecular flexibility index (Phi) is 6.49. The van der Waals surface area contributed by atoms with Crippen molar-refractivity contribution in [3.63, 3.8) is 0 Å². The summed E-state index contributed by atoms with van der Waals surface area (Å²) in [4.78, 5) is 20.8. The fourth-order valence-corrected chi connectivity index (χ4v) is 3.14. The molecule has 1 aromatic carbocycles. The highest BCUT2D eigenvalue weighted by Gasteiger charge is 2.21. The summed E-state index contributed by atoms with van der Waals surface area (Å²) in [7, 11) is 3.21. The van der Waals surface area contributed by atoms with Crippen LogP contribution in [-0.4, -0.2) is 61.2 Å². The number of pyridine rings is 1. The van der Waals surface area contributed by atoms with Gasteiger partial charge in [0.1, 0.15) is 0 Å². The second-order valence-electron chi connectivity index (χ2n) is 6.47. The molecule has 1 aliphatic rings. The first-order valence-corrected chi connectivity index (χ1v) is 9.04. The van der Waals surface area contributed by atoms with E-state index in [1.54, 1.807) is 20.4 Å². The topological polar surface area (TPSA) is 66.9 Å². The molecule has 0 saturated carbocycles. The van der Waals surface area contributed by atoms with Crippen molar-refractivity contribution in [3.8, 4) is 11.5 Å². The smallest absolute Gasteiger partial charge is 0.317 e. The summed E-state index contributed by atoms with van der Waals surface area (Å²) >= 11 is 0. The standard InChI is InChI=1S/C20H26N4O3/c1-26-18-6-5-16(12-19(18)27-2)14-22-20(25)24-10-8-23(9-11-24)15-17-4-3-7-21-13-17/h3-7,12-13H,8-11,14-15H2,1-2H3,(H,22,25). The van der Waals surface area contributed by atoms with Gasteiger partial charge in [0, 0.05) is 51.7 Å². The van der Waals surface area contributed by atoms with Crippen LogP contribution in [0.25, 0.3) is 0 Å². The van der Waals surface area contributed by atoms with Gasteiger partial charge in [0.25, 0.3) is 0 Å². The van der Waals surface area contributed by atoms with E-state index in [-0.39, 0.29) is 6.03 Å². The highest BCUT2D eigenvalue weighted by atomic mass is 16.5. The molecule has 0 unspecified atom stereocenters. The van der Waals surface area contributed by atoms with Crippen molar-refractivity contribution in [2.24, 2.45) is 0 Å². The Morgan fingerprint density at radius 1 is 1.07 bits per heavy atom. The van der Waals surface area contributed by atoms with E-state index in [1.807, 2.05) is 35.4 Å². The van der Waals surface area contributed by atoms with Crippen LogP contribution in [0.1, 0.15) is 11.1 Å². The maximum Gasteiger partial charge on any atom is 0.317 e. The van der Waals surface area contributed by atoms with Crippen LogP contribution in [0.3, 0.4) is 0 Å². The molecular weight excluding hydrogens is 344 g/mol. The molecule has 0 radical (unpaired) electrons. The summed E-state index contributed by atoms with van der Waals surface area (Å²) in [6, 6.07) is 9.64. The van der Waals surface area contributed by atoms with Crippen molar-refractivity contribution in [2.45, 2.75) is 13.1 Å². The molecule has 0 aliphatic carbocycles. The molecule has 7 heteroatoms. The van der Waals surface area contributed by atoms with Crippen molar-refractivity contribution in [1.29, 1.82) is 0 Å². The number of carbonyl (C=O) groups excluding carboxylic acids is 1. The van der Waals surface area contributed by atoms with Gasteiger partial charge in [-0.05, 0) is 29.3 Å². The van der Waals surface area contributed by atoms with E-state index < -0.39 is 0 Å². The lowest BCUT2D eigenvalue weighted by Gasteiger charge is -2.34. The summed E-state index contributed by atoms with van der Waals surface area (Å²) < 4.78 is 10.5. The van der Waals surface area contributed by atoms with Gasteiger partial charge >= 0.3 is 6.03 Å². The number of ether oxygens (including phenoxy) is 2. The number of hydrogen-bond donors (Lipinski definition) is 1. The van der Waals surface area contributed by atoms with Gasteiger partial charge in [-0.2, -0.15) is 0 Å². The van der Waals surface area contributed by atoms with E-state index >= 15 is 0 Å². The molecule has 2 amide bonds. The van der Waals surface area contributed by atoms with Crippen molar-refractivity contribution in [1.82, 2.24) is 20.1 Å². The average molecular weight is 370 g/mol. The zero-order chi connectivity index (χ0) is 19.1. The van der Waals surface area contributed by atoms with Gasteiger partial charge in [0.2, 0.25) is 0 Å². The molecule has 1 aromatic heterocycles. The van der Waals surface area contributed by atoms with Gasteiger partial charge in [0.05, 0.1) is 14.2 Å². The van der Waals surface area contributed by atoms with Gasteiger partial charge in [0.15, 0.2) is 11.5 Å². The summed E-state index contributed by atoms with van der Waals surface area (Å²) in [5, 5.41) is 2.98. The Morgan fingerprint density at radius 2 is 1.85 bits per heavy atom. The third kappa shape index (κ3) is 5.10. The van der Waals surface area contributed by atoms with E-state index in [1.165, 1.54) is 5.56 Å². The zero-order valence-electron chi connectivity index (χ0n) is 15.9. The van der Waals surface area contributed by atoms with Crippen LogP contribution < -0.4 is 14.8 Å². The number of benzene rings is 1. The van der Waals surface area contributed by atoms with Crippen molar-refractivity contribution in [3.05, 3.63) is 53.9 Å². The van der Waals surface area contributed by atoms with Crippen molar-refractivity contribution >= 4 is 6.03 Å². The minimum absolute atomic E-state index is 0.0363. The Hall–Kier alpha value is -2.80. The number of aromatic nitrogens is 1. The second kappa shape index (κ2) is 9.23. The summed E-state index contributed by atoms with van der Waals surface area (Å²) in [6.07, 6.45) is 3.67. The fourth-order valence-electron chi connectivity index (χ4n) is 3.14. The summed E-state index contributed by atoms with van der Waals surface area (Å²) in [5.41, 5.74) is 2.17. The number of amides is 2. The maximum absolute atomic E-state index is 12.4. The van der Waals surface area contributed by atoms with Crippen LogP contribution in [0, 0.1) is 0 Å². The Morgan fingerprint density at radius 3 is 2.52 bits per heavy atom. The van der Waals surface area contributed by atoms with E-state index in [2.05, 4.69) is 21.3 Å². The van der Waals surface area contributed by atoms with Crippen LogP contribution in [0.2, 0.25) is 0 Å². The number of methoxy groups -OCH3 is 2. The summed E-state index contributed by atoms with van der Waals surface area (Å²) in [5.74, 6) is 1.34. The van der Waals surface area contributed by atoms with Crippen LogP contribution in [0.5, 0.6) is 11.5 Å². The average Bonchev–Trinajstić information content (AvgIpc) is 2.73. The minimum Gasteiger partial charge on any atom is -0.493 e. The number of hydrogen-bond acceptors (Lipinski definition) is 5. The Bertz CT molecular complexity index is 746. The van der Waals surface area contributed by atoms with Crippen LogP contribution in [0.15, 0.2) is 42.7 Å². The van der Waals surface area contributed by atoms with Crippen molar-refractivity contribution < 1.29 is 14.3 Å². The highest BCUT2D eigenvalue weighted by Crippen LogP contribution is 2.27. The lowest BCUT2D eigenvalue weighted by Crippen LogP contribution is -2.51. The second-order valence-corrected chi connectivity index (χ2v) is 6.47. The Balaban J connectivity index is 1.46. The number of carbonyl (C=O) groups is 1. The fraction of sp³-hybridized carbons (Fsp3) is 0.400. The first-order chi connectivity index (χ1) is 13.2. The summed E-state index contributed by atoms with van der Waals surface area (Å²) in [6.45, 7) is 4.48. The number of rotatable bonds is 6. The largest absolute Gasteiger partial charge is 0.493 e. The molecule has 3 rings (SSSR count). The molecule has 144 valence electrons. The highest BCUT2D eigenvalue weighted by molar-refractivity contribution is 5.74.